The second-order valence-electron chi connectivity index (χ2n) is 5.98. The van der Waals surface area contributed by atoms with Crippen LogP contribution in [0.2, 0.25) is 0 Å². The summed E-state index contributed by atoms with van der Waals surface area (Å²) >= 11 is 0. The lowest BCUT2D eigenvalue weighted by atomic mass is 10.3. The summed E-state index contributed by atoms with van der Waals surface area (Å²) < 4.78 is 11.5. The molecule has 0 amide bonds. The Balaban J connectivity index is 0.00000312. The molecule has 142 valence electrons. The topological polar surface area (TPSA) is 54.9 Å². The number of hydrogen-bond acceptors (Lipinski definition) is 3. The minimum absolute atomic E-state index is 0. The first kappa shape index (κ1) is 22.0. The lowest BCUT2D eigenvalue weighted by molar-refractivity contribution is 0.0579. The number of hydrogen-bond donors (Lipinski definition) is 2. The monoisotopic (exact) mass is 461 g/mol. The van der Waals surface area contributed by atoms with Gasteiger partial charge in [0.2, 0.25) is 0 Å². The molecule has 0 atom stereocenters. The quantitative estimate of drug-likeness (QED) is 0.242. The SMILES string of the molecule is CCNC(=NCCCOC1CCCC1)NCCOc1ccccc1.I. The van der Waals surface area contributed by atoms with Crippen molar-refractivity contribution in [1.29, 1.82) is 0 Å². The van der Waals surface area contributed by atoms with Crippen LogP contribution in [0, 0.1) is 0 Å². The molecule has 2 rings (SSSR count). The van der Waals surface area contributed by atoms with Crippen molar-refractivity contribution < 1.29 is 9.47 Å². The molecule has 1 aromatic rings. The van der Waals surface area contributed by atoms with E-state index in [0.717, 1.165) is 44.4 Å². The predicted molar refractivity (Wildman–Crippen MR) is 114 cm³/mol. The van der Waals surface area contributed by atoms with E-state index < -0.39 is 0 Å². The van der Waals surface area contributed by atoms with E-state index in [9.17, 15) is 0 Å². The summed E-state index contributed by atoms with van der Waals surface area (Å²) in [4.78, 5) is 4.58. The van der Waals surface area contributed by atoms with Gasteiger partial charge in [-0.25, -0.2) is 0 Å². The second-order valence-corrected chi connectivity index (χ2v) is 5.98. The molecular weight excluding hydrogens is 429 g/mol. The molecule has 0 aliphatic heterocycles. The molecular formula is C19H32IN3O2. The molecule has 0 aromatic heterocycles. The molecule has 1 fully saturated rings. The first-order valence-corrected chi connectivity index (χ1v) is 9.20. The van der Waals surface area contributed by atoms with Crippen molar-refractivity contribution in [2.75, 3.05) is 32.8 Å². The Morgan fingerprint density at radius 2 is 1.88 bits per heavy atom. The van der Waals surface area contributed by atoms with Gasteiger partial charge < -0.3 is 20.1 Å². The minimum Gasteiger partial charge on any atom is -0.492 e. The number of para-hydroxylation sites is 1. The van der Waals surface area contributed by atoms with Crippen molar-refractivity contribution in [1.82, 2.24) is 10.6 Å². The van der Waals surface area contributed by atoms with Crippen molar-refractivity contribution in [3.63, 3.8) is 0 Å². The number of guanidine groups is 1. The summed E-state index contributed by atoms with van der Waals surface area (Å²) in [6, 6.07) is 9.86. The predicted octanol–water partition coefficient (Wildman–Crippen LogP) is 3.59. The molecule has 1 aliphatic rings. The zero-order valence-electron chi connectivity index (χ0n) is 15.2. The normalized spacial score (nSPS) is 14.8. The van der Waals surface area contributed by atoms with Gasteiger partial charge in [0.25, 0.3) is 0 Å². The molecule has 0 spiro atoms. The summed E-state index contributed by atoms with van der Waals surface area (Å²) in [5, 5.41) is 6.55. The maximum atomic E-state index is 5.86. The van der Waals surface area contributed by atoms with E-state index in [-0.39, 0.29) is 24.0 Å². The number of nitrogens with zero attached hydrogens (tertiary/aromatic N) is 1. The maximum absolute atomic E-state index is 5.86. The molecule has 0 unspecified atom stereocenters. The van der Waals surface area contributed by atoms with Crippen LogP contribution in [0.1, 0.15) is 39.0 Å². The van der Waals surface area contributed by atoms with Gasteiger partial charge in [-0.3, -0.25) is 4.99 Å². The van der Waals surface area contributed by atoms with Gasteiger partial charge in [-0.2, -0.15) is 0 Å². The highest BCUT2D eigenvalue weighted by molar-refractivity contribution is 14.0. The van der Waals surface area contributed by atoms with Crippen LogP contribution in [0.5, 0.6) is 5.75 Å². The molecule has 5 nitrogen and oxygen atoms in total. The second kappa shape index (κ2) is 14.2. The smallest absolute Gasteiger partial charge is 0.191 e. The summed E-state index contributed by atoms with van der Waals surface area (Å²) in [5.74, 6) is 1.74. The number of aliphatic imine (C=N–C) groups is 1. The van der Waals surface area contributed by atoms with E-state index >= 15 is 0 Å². The summed E-state index contributed by atoms with van der Waals surface area (Å²) in [5.41, 5.74) is 0. The van der Waals surface area contributed by atoms with Gasteiger partial charge in [-0.05, 0) is 38.3 Å². The van der Waals surface area contributed by atoms with Crippen LogP contribution < -0.4 is 15.4 Å². The standard InChI is InChI=1S/C19H31N3O2.HI/c1-2-20-19(21-13-8-15-23-17-11-6-7-12-17)22-14-16-24-18-9-4-3-5-10-18;/h3-5,9-10,17H,2,6-8,11-16H2,1H3,(H2,20,21,22);1H. The van der Waals surface area contributed by atoms with Crippen LogP contribution in [-0.4, -0.2) is 44.9 Å². The Bertz CT molecular complexity index is 465. The number of rotatable bonds is 10. The summed E-state index contributed by atoms with van der Waals surface area (Å²) in [7, 11) is 0. The lowest BCUT2D eigenvalue weighted by Gasteiger charge is -2.13. The van der Waals surface area contributed by atoms with Gasteiger partial charge in [0.1, 0.15) is 12.4 Å². The maximum Gasteiger partial charge on any atom is 0.191 e. The van der Waals surface area contributed by atoms with Crippen LogP contribution >= 0.6 is 24.0 Å². The Hall–Kier alpha value is -1.02. The molecule has 6 heteroatoms. The fourth-order valence-electron chi connectivity index (χ4n) is 2.76. The van der Waals surface area contributed by atoms with E-state index in [1.54, 1.807) is 0 Å². The van der Waals surface area contributed by atoms with E-state index in [0.29, 0.717) is 12.7 Å². The van der Waals surface area contributed by atoms with E-state index in [1.165, 1.54) is 25.7 Å². The van der Waals surface area contributed by atoms with Crippen molar-refractivity contribution >= 4 is 29.9 Å². The summed E-state index contributed by atoms with van der Waals surface area (Å²) in [6.07, 6.45) is 6.57. The fraction of sp³-hybridized carbons (Fsp3) is 0.632. The van der Waals surface area contributed by atoms with Crippen LogP contribution in [0.15, 0.2) is 35.3 Å². The third-order valence-corrected chi connectivity index (χ3v) is 3.98. The van der Waals surface area contributed by atoms with Crippen molar-refractivity contribution in [3.8, 4) is 5.75 Å². The molecule has 0 saturated heterocycles. The van der Waals surface area contributed by atoms with Crippen LogP contribution in [0.4, 0.5) is 0 Å². The third kappa shape index (κ3) is 9.89. The number of ether oxygens (including phenoxy) is 2. The average Bonchev–Trinajstić information content (AvgIpc) is 3.12. The molecule has 25 heavy (non-hydrogen) atoms. The van der Waals surface area contributed by atoms with E-state index in [1.807, 2.05) is 30.3 Å². The first-order valence-electron chi connectivity index (χ1n) is 9.20. The molecule has 1 saturated carbocycles. The molecule has 0 bridgehead atoms. The average molecular weight is 461 g/mol. The highest BCUT2D eigenvalue weighted by Gasteiger charge is 2.14. The van der Waals surface area contributed by atoms with Crippen molar-refractivity contribution in [2.24, 2.45) is 4.99 Å². The Kier molecular flexibility index (Phi) is 12.5. The molecule has 2 N–H and O–H groups in total. The fourth-order valence-corrected chi connectivity index (χ4v) is 2.76. The zero-order chi connectivity index (χ0) is 16.9. The van der Waals surface area contributed by atoms with E-state index in [4.69, 9.17) is 9.47 Å². The van der Waals surface area contributed by atoms with E-state index in [2.05, 4.69) is 22.5 Å². The highest BCUT2D eigenvalue weighted by Crippen LogP contribution is 2.20. The van der Waals surface area contributed by atoms with Crippen LogP contribution in [0.3, 0.4) is 0 Å². The number of halogens is 1. The number of nitrogens with one attached hydrogen (secondary N) is 2. The Morgan fingerprint density at radius 1 is 1.12 bits per heavy atom. The number of benzene rings is 1. The zero-order valence-corrected chi connectivity index (χ0v) is 17.5. The first-order chi connectivity index (χ1) is 11.9. The lowest BCUT2D eigenvalue weighted by Crippen LogP contribution is -2.39. The highest BCUT2D eigenvalue weighted by atomic mass is 127. The molecule has 0 radical (unpaired) electrons. The van der Waals surface area contributed by atoms with Crippen molar-refractivity contribution in [3.05, 3.63) is 30.3 Å². The minimum atomic E-state index is 0. The van der Waals surface area contributed by atoms with Gasteiger partial charge >= 0.3 is 0 Å². The third-order valence-electron chi connectivity index (χ3n) is 3.98. The van der Waals surface area contributed by atoms with Gasteiger partial charge in [-0.1, -0.05) is 31.0 Å². The van der Waals surface area contributed by atoms with Crippen molar-refractivity contribution in [2.45, 2.75) is 45.1 Å². The van der Waals surface area contributed by atoms with Crippen LogP contribution in [-0.2, 0) is 4.74 Å². The molecule has 1 aromatic carbocycles. The molecule has 0 heterocycles. The van der Waals surface area contributed by atoms with Crippen LogP contribution in [0.25, 0.3) is 0 Å². The Morgan fingerprint density at radius 3 is 2.60 bits per heavy atom. The van der Waals surface area contributed by atoms with Gasteiger partial charge in [0.15, 0.2) is 5.96 Å². The largest absolute Gasteiger partial charge is 0.492 e. The van der Waals surface area contributed by atoms with Gasteiger partial charge in [0, 0.05) is 19.7 Å². The summed E-state index contributed by atoms with van der Waals surface area (Å²) in [6.45, 7) is 5.84. The molecule has 1 aliphatic carbocycles. The van der Waals surface area contributed by atoms with Gasteiger partial charge in [0.05, 0.1) is 12.6 Å². The van der Waals surface area contributed by atoms with Gasteiger partial charge in [-0.15, -0.1) is 24.0 Å². The Labute approximate surface area is 169 Å².